The van der Waals surface area contributed by atoms with Crippen LogP contribution in [0.2, 0.25) is 0 Å². The fraction of sp³-hybridized carbons (Fsp3) is 0.489. The molecule has 4 N–H and O–H groups in total. The maximum absolute atomic E-state index is 12.5. The average Bonchev–Trinajstić information content (AvgIpc) is 3.21. The Kier molecular flexibility index (Phi) is 38.5. The monoisotopic (exact) mass is 825 g/mol. The first-order chi connectivity index (χ1) is 28.2. The fourth-order valence-corrected chi connectivity index (χ4v) is 5.37. The molecule has 10 nitrogen and oxygen atoms in total. The Morgan fingerprint density at radius 2 is 1.10 bits per heavy atom. The van der Waals surface area contributed by atoms with Crippen molar-refractivity contribution in [2.45, 2.75) is 122 Å². The van der Waals surface area contributed by atoms with Crippen molar-refractivity contribution >= 4 is 19.8 Å². The van der Waals surface area contributed by atoms with Crippen LogP contribution in [0.1, 0.15) is 110 Å². The van der Waals surface area contributed by atoms with Gasteiger partial charge in [-0.2, -0.15) is 0 Å². The topological polar surface area (TPSA) is 155 Å². The van der Waals surface area contributed by atoms with Gasteiger partial charge in [0, 0.05) is 19.4 Å². The van der Waals surface area contributed by atoms with Gasteiger partial charge in [0.1, 0.15) is 6.61 Å². The normalized spacial score (nSPS) is 15.2. The number of aliphatic hydroxyl groups is 1. The van der Waals surface area contributed by atoms with Crippen LogP contribution in [-0.2, 0) is 32.7 Å². The molecule has 58 heavy (non-hydrogen) atoms. The van der Waals surface area contributed by atoms with Crippen LogP contribution in [0.5, 0.6) is 0 Å². The van der Waals surface area contributed by atoms with E-state index < -0.39 is 38.6 Å². The molecule has 0 bridgehead atoms. The highest BCUT2D eigenvalue weighted by molar-refractivity contribution is 7.47. The van der Waals surface area contributed by atoms with Gasteiger partial charge in [-0.05, 0) is 83.5 Å². The van der Waals surface area contributed by atoms with Crippen LogP contribution in [0.25, 0.3) is 0 Å². The van der Waals surface area contributed by atoms with E-state index in [9.17, 15) is 24.2 Å². The molecule has 0 saturated carbocycles. The van der Waals surface area contributed by atoms with Gasteiger partial charge in [0.15, 0.2) is 6.10 Å². The molecular weight excluding hydrogens is 753 g/mol. The first-order valence-electron chi connectivity index (χ1n) is 20.8. The summed E-state index contributed by atoms with van der Waals surface area (Å²) in [5.41, 5.74) is 5.33. The van der Waals surface area contributed by atoms with Gasteiger partial charge in [-0.15, -0.1) is 0 Å². The second-order valence-corrected chi connectivity index (χ2v) is 14.4. The van der Waals surface area contributed by atoms with Gasteiger partial charge in [-0.25, -0.2) is 4.57 Å². The number of hydrogen-bond donors (Lipinski definition) is 3. The lowest BCUT2D eigenvalue weighted by Crippen LogP contribution is -2.29. The molecule has 0 aliphatic carbocycles. The molecule has 324 valence electrons. The molecule has 0 rings (SSSR count). The van der Waals surface area contributed by atoms with Crippen LogP contribution in [0.15, 0.2) is 134 Å². The highest BCUT2D eigenvalue weighted by Gasteiger charge is 2.25. The van der Waals surface area contributed by atoms with Crippen LogP contribution < -0.4 is 5.73 Å². The van der Waals surface area contributed by atoms with E-state index in [0.717, 1.165) is 51.4 Å². The molecule has 0 saturated heterocycles. The minimum Gasteiger partial charge on any atom is -0.462 e. The van der Waals surface area contributed by atoms with Crippen molar-refractivity contribution < 1.29 is 42.7 Å². The molecule has 11 heteroatoms. The van der Waals surface area contributed by atoms with Crippen molar-refractivity contribution in [2.75, 3.05) is 26.4 Å². The third kappa shape index (κ3) is 40.3. The summed E-state index contributed by atoms with van der Waals surface area (Å²) in [6.45, 7) is 3.22. The van der Waals surface area contributed by atoms with Crippen LogP contribution in [0.4, 0.5) is 0 Å². The minimum atomic E-state index is -4.43. The van der Waals surface area contributed by atoms with Crippen LogP contribution in [-0.4, -0.2) is 60.5 Å². The molecule has 0 radical (unpaired) electrons. The Labute approximate surface area is 349 Å². The summed E-state index contributed by atoms with van der Waals surface area (Å²) in [6, 6.07) is 0. The molecule has 0 aromatic carbocycles. The number of hydrogen-bond acceptors (Lipinski definition) is 9. The molecule has 3 atom stereocenters. The Morgan fingerprint density at radius 3 is 1.66 bits per heavy atom. The van der Waals surface area contributed by atoms with E-state index in [0.29, 0.717) is 32.1 Å². The van der Waals surface area contributed by atoms with Crippen molar-refractivity contribution in [2.24, 2.45) is 5.73 Å². The van der Waals surface area contributed by atoms with Gasteiger partial charge in [0.2, 0.25) is 0 Å². The van der Waals surface area contributed by atoms with E-state index in [2.05, 4.69) is 80.7 Å². The molecule has 2 unspecified atom stereocenters. The van der Waals surface area contributed by atoms with Crippen LogP contribution in [0.3, 0.4) is 0 Å². The molecule has 0 aromatic heterocycles. The highest BCUT2D eigenvalue weighted by Crippen LogP contribution is 2.43. The van der Waals surface area contributed by atoms with Gasteiger partial charge in [0.25, 0.3) is 0 Å². The second kappa shape index (κ2) is 41.3. The standard InChI is InChI=1S/C47H72NO9P/c1-3-5-7-9-11-12-13-14-15-16-17-18-19-24-27-31-35-39-47(51)57-45(43-56-58(52,53)55-41-40-48)42-54-46(50)38-34-30-26-23-21-20-22-25-29-33-37-44(49)36-32-28-10-8-6-4-2/h5-8,11-12,14-15,17-18,20-21,24-30,32-33,37,44-45,49H,3-4,9-10,13,16,19,22-23,31,34-36,38-43,48H2,1-2H3,(H,52,53)/b7-5-,8-6-,12-11-,15-14-,18-17-,21-20-,27-24-,29-25-,30-26-,32-28-,37-33+/t44?,45-/m1/s1. The zero-order valence-corrected chi connectivity index (χ0v) is 36.0. The summed E-state index contributed by atoms with van der Waals surface area (Å²) < 4.78 is 32.6. The maximum Gasteiger partial charge on any atom is 0.472 e. The summed E-state index contributed by atoms with van der Waals surface area (Å²) in [6.07, 6.45) is 53.9. The number of carbonyl (C=O) groups is 2. The van der Waals surface area contributed by atoms with Crippen LogP contribution >= 0.6 is 7.82 Å². The first-order valence-corrected chi connectivity index (χ1v) is 22.3. The van der Waals surface area contributed by atoms with E-state index in [-0.39, 0.29) is 32.6 Å². The van der Waals surface area contributed by atoms with Crippen LogP contribution in [0, 0.1) is 0 Å². The van der Waals surface area contributed by atoms with E-state index in [1.165, 1.54) is 0 Å². The lowest BCUT2D eigenvalue weighted by Gasteiger charge is -2.19. The molecule has 0 spiro atoms. The van der Waals surface area contributed by atoms with E-state index in [1.807, 2.05) is 60.8 Å². The number of ether oxygens (including phenoxy) is 2. The van der Waals surface area contributed by atoms with Crippen molar-refractivity contribution in [1.82, 2.24) is 0 Å². The lowest BCUT2D eigenvalue weighted by molar-refractivity contribution is -0.161. The summed E-state index contributed by atoms with van der Waals surface area (Å²) >= 11 is 0. The van der Waals surface area contributed by atoms with Gasteiger partial charge in [-0.1, -0.05) is 148 Å². The third-order valence-electron chi connectivity index (χ3n) is 7.63. The van der Waals surface area contributed by atoms with Gasteiger partial charge in [-0.3, -0.25) is 18.6 Å². The molecule has 0 aromatic rings. The summed E-state index contributed by atoms with van der Waals surface area (Å²) in [7, 11) is -4.43. The number of carbonyl (C=O) groups excluding carboxylic acids is 2. The number of phosphoric ester groups is 1. The predicted octanol–water partition coefficient (Wildman–Crippen LogP) is 10.9. The summed E-state index contributed by atoms with van der Waals surface area (Å²) in [5.74, 6) is -1.04. The molecule has 0 aliphatic heterocycles. The van der Waals surface area contributed by atoms with E-state index >= 15 is 0 Å². The molecule has 0 aliphatic rings. The highest BCUT2D eigenvalue weighted by atomic mass is 31.2. The zero-order valence-electron chi connectivity index (χ0n) is 35.1. The SMILES string of the molecule is CC/C=C\C/C=C\C/C=C\C/C=C\C/C=C\CCCC(=O)O[C@H](COC(=O)CC/C=C\C/C=C\C/C=C\C=C\C(O)C/C=C\C/C=C\CC)COP(=O)(O)OCCN. The number of esters is 2. The van der Waals surface area contributed by atoms with E-state index in [4.69, 9.17) is 24.3 Å². The first kappa shape index (κ1) is 54.1. The van der Waals surface area contributed by atoms with Gasteiger partial charge < -0.3 is 25.2 Å². The quantitative estimate of drug-likeness (QED) is 0.0183. The molecule has 0 fully saturated rings. The Hall–Kier alpha value is -3.89. The number of rotatable bonds is 36. The smallest absolute Gasteiger partial charge is 0.462 e. The van der Waals surface area contributed by atoms with Gasteiger partial charge >= 0.3 is 19.8 Å². The largest absolute Gasteiger partial charge is 0.472 e. The number of aliphatic hydroxyl groups excluding tert-OH is 1. The number of phosphoric acid groups is 1. The number of nitrogens with two attached hydrogens (primary N) is 1. The zero-order chi connectivity index (χ0) is 42.6. The van der Waals surface area contributed by atoms with Gasteiger partial charge in [0.05, 0.1) is 19.3 Å². The number of allylic oxidation sites excluding steroid dienone is 20. The second-order valence-electron chi connectivity index (χ2n) is 12.9. The minimum absolute atomic E-state index is 0.0187. The van der Waals surface area contributed by atoms with Crippen molar-refractivity contribution in [3.63, 3.8) is 0 Å². The molecular formula is C47H72NO9P. The molecule has 0 heterocycles. The Bertz CT molecular complexity index is 1420. The van der Waals surface area contributed by atoms with Crippen molar-refractivity contribution in [3.8, 4) is 0 Å². The third-order valence-corrected chi connectivity index (χ3v) is 8.61. The lowest BCUT2D eigenvalue weighted by atomic mass is 10.2. The Balaban J connectivity index is 4.49. The summed E-state index contributed by atoms with van der Waals surface area (Å²) in [4.78, 5) is 34.8. The van der Waals surface area contributed by atoms with E-state index in [1.54, 1.807) is 6.08 Å². The van der Waals surface area contributed by atoms with Crippen molar-refractivity contribution in [1.29, 1.82) is 0 Å². The number of unbranched alkanes of at least 4 members (excludes halogenated alkanes) is 1. The fourth-order valence-electron chi connectivity index (χ4n) is 4.60. The predicted molar refractivity (Wildman–Crippen MR) is 239 cm³/mol. The summed E-state index contributed by atoms with van der Waals surface area (Å²) in [5, 5.41) is 9.99. The molecule has 0 amide bonds. The van der Waals surface area contributed by atoms with Crippen molar-refractivity contribution in [3.05, 3.63) is 134 Å². The maximum atomic E-state index is 12.5. The average molecular weight is 826 g/mol. The Morgan fingerprint density at radius 1 is 0.603 bits per heavy atom.